The molecule has 11 nitrogen and oxygen atoms in total. The van der Waals surface area contributed by atoms with Gasteiger partial charge in [-0.1, -0.05) is 23.7 Å². The largest absolute Gasteiger partial charge is 0.364 e. The summed E-state index contributed by atoms with van der Waals surface area (Å²) >= 11 is 5.79. The number of benzene rings is 2. The monoisotopic (exact) mass is 611 g/mol. The van der Waals surface area contributed by atoms with Crippen LogP contribution in [0.5, 0.6) is 0 Å². The second-order valence-electron chi connectivity index (χ2n) is 9.23. The minimum absolute atomic E-state index is 0.104. The van der Waals surface area contributed by atoms with Crippen LogP contribution in [0.3, 0.4) is 0 Å². The number of aromatic nitrogens is 2. The fraction of sp³-hybridized carbons (Fsp3) is 0.385. The summed E-state index contributed by atoms with van der Waals surface area (Å²) < 4.78 is 54.0. The standard InChI is InChI=1S/C26H29ClF2N5O6P/c1-3-39-41(38,40-4-2)17-8-9-18-20(11-17)34(32-24(18)25(30)36)14-22(35)33-13-16(28)10-21(33)26(37)31-12-15-6-5-7-19(27)23(15)29/h5-9,11,16,21H,3-4,10,12-14H2,1-2H3,(H2,30,36)(H,31,37)/t16-,21+/m1/s1. The number of nitrogens with two attached hydrogens (primary N) is 1. The van der Waals surface area contributed by atoms with Gasteiger partial charge in [-0.2, -0.15) is 5.10 Å². The molecule has 2 atom stereocenters. The van der Waals surface area contributed by atoms with Crippen molar-refractivity contribution in [2.75, 3.05) is 19.8 Å². The van der Waals surface area contributed by atoms with Gasteiger partial charge in [0.25, 0.3) is 5.91 Å². The molecule has 1 fully saturated rings. The van der Waals surface area contributed by atoms with Gasteiger partial charge in [0.2, 0.25) is 11.8 Å². The van der Waals surface area contributed by atoms with Crippen molar-refractivity contribution in [1.82, 2.24) is 20.0 Å². The molecule has 1 aliphatic heterocycles. The zero-order valence-corrected chi connectivity index (χ0v) is 24.0. The lowest BCUT2D eigenvalue weighted by Gasteiger charge is -2.24. The predicted molar refractivity (Wildman–Crippen MR) is 147 cm³/mol. The molecule has 41 heavy (non-hydrogen) atoms. The molecule has 3 aromatic rings. The first kappa shape index (κ1) is 30.6. The SMILES string of the molecule is CCOP(=O)(OCC)c1ccc2c(C(N)=O)nn(CC(=O)N3C[C@H](F)C[C@H]3C(=O)NCc3cccc(Cl)c3F)c2c1. The van der Waals surface area contributed by atoms with Crippen LogP contribution in [0.2, 0.25) is 5.02 Å². The molecule has 220 valence electrons. The fourth-order valence-corrected chi connectivity index (χ4v) is 6.46. The number of amides is 3. The molecule has 0 aliphatic carbocycles. The molecule has 3 amide bonds. The number of halogens is 3. The second-order valence-corrected chi connectivity index (χ2v) is 11.7. The Morgan fingerprint density at radius 1 is 1.20 bits per heavy atom. The van der Waals surface area contributed by atoms with Crippen molar-refractivity contribution < 1.29 is 36.8 Å². The molecular weight excluding hydrogens is 583 g/mol. The molecule has 0 bridgehead atoms. The summed E-state index contributed by atoms with van der Waals surface area (Å²) in [6.07, 6.45) is -1.72. The Morgan fingerprint density at radius 3 is 2.56 bits per heavy atom. The summed E-state index contributed by atoms with van der Waals surface area (Å²) in [6.45, 7) is 2.47. The highest BCUT2D eigenvalue weighted by molar-refractivity contribution is 7.62. The summed E-state index contributed by atoms with van der Waals surface area (Å²) in [5, 5.41) is 7.06. The molecule has 0 unspecified atom stereocenters. The van der Waals surface area contributed by atoms with Crippen molar-refractivity contribution >= 4 is 53.1 Å². The van der Waals surface area contributed by atoms with Crippen molar-refractivity contribution in [3.63, 3.8) is 0 Å². The van der Waals surface area contributed by atoms with Crippen LogP contribution < -0.4 is 16.4 Å². The van der Waals surface area contributed by atoms with E-state index >= 15 is 0 Å². The molecule has 1 aromatic heterocycles. The molecular formula is C26H29ClF2N5O6P. The van der Waals surface area contributed by atoms with Crippen LogP contribution in [0, 0.1) is 5.82 Å². The van der Waals surface area contributed by atoms with Gasteiger partial charge in [-0.05, 0) is 38.1 Å². The van der Waals surface area contributed by atoms with Gasteiger partial charge < -0.3 is 25.0 Å². The Bertz CT molecular complexity index is 1530. The van der Waals surface area contributed by atoms with Crippen molar-refractivity contribution in [2.45, 2.75) is 45.6 Å². The number of carbonyl (C=O) groups is 3. The van der Waals surface area contributed by atoms with E-state index in [1.54, 1.807) is 13.8 Å². The van der Waals surface area contributed by atoms with Crippen LogP contribution in [0.15, 0.2) is 36.4 Å². The van der Waals surface area contributed by atoms with Gasteiger partial charge in [-0.15, -0.1) is 0 Å². The van der Waals surface area contributed by atoms with E-state index in [4.69, 9.17) is 26.4 Å². The van der Waals surface area contributed by atoms with E-state index in [1.807, 2.05) is 0 Å². The maximum atomic E-state index is 14.5. The average Bonchev–Trinajstić information content (AvgIpc) is 3.50. The van der Waals surface area contributed by atoms with Crippen molar-refractivity contribution in [3.05, 3.63) is 58.5 Å². The third kappa shape index (κ3) is 6.43. The van der Waals surface area contributed by atoms with E-state index in [0.717, 1.165) is 4.90 Å². The number of nitrogens with zero attached hydrogens (tertiary/aromatic N) is 3. The maximum Gasteiger partial charge on any atom is 0.361 e. The molecule has 0 saturated carbocycles. The van der Waals surface area contributed by atoms with Crippen LogP contribution >= 0.6 is 19.2 Å². The van der Waals surface area contributed by atoms with Gasteiger partial charge in [-0.3, -0.25) is 23.6 Å². The topological polar surface area (TPSA) is 146 Å². The number of rotatable bonds is 11. The van der Waals surface area contributed by atoms with Gasteiger partial charge >= 0.3 is 7.60 Å². The van der Waals surface area contributed by atoms with Gasteiger partial charge in [0.05, 0.1) is 35.6 Å². The predicted octanol–water partition coefficient (Wildman–Crippen LogP) is 3.07. The Morgan fingerprint density at radius 2 is 1.90 bits per heavy atom. The Balaban J connectivity index is 1.60. The summed E-state index contributed by atoms with van der Waals surface area (Å²) in [5.41, 5.74) is 5.73. The van der Waals surface area contributed by atoms with Crippen LogP contribution in [0.1, 0.15) is 36.3 Å². The number of hydrogen-bond donors (Lipinski definition) is 2. The number of fused-ring (bicyclic) bond motifs is 1. The van der Waals surface area contributed by atoms with E-state index in [9.17, 15) is 27.7 Å². The maximum absolute atomic E-state index is 14.5. The first-order chi connectivity index (χ1) is 19.5. The molecule has 2 heterocycles. The molecule has 0 radical (unpaired) electrons. The third-order valence-corrected chi connectivity index (χ3v) is 8.92. The highest BCUT2D eigenvalue weighted by Crippen LogP contribution is 2.47. The van der Waals surface area contributed by atoms with E-state index in [-0.39, 0.29) is 65.2 Å². The summed E-state index contributed by atoms with van der Waals surface area (Å²) in [7, 11) is -3.73. The summed E-state index contributed by atoms with van der Waals surface area (Å²) in [5.74, 6) is -2.88. The Hall–Kier alpha value is -3.38. The van der Waals surface area contributed by atoms with Crippen molar-refractivity contribution in [1.29, 1.82) is 0 Å². The van der Waals surface area contributed by atoms with Crippen molar-refractivity contribution in [2.24, 2.45) is 5.73 Å². The van der Waals surface area contributed by atoms with Gasteiger partial charge in [0, 0.05) is 23.9 Å². The van der Waals surface area contributed by atoms with Crippen LogP contribution in [0.4, 0.5) is 8.78 Å². The lowest BCUT2D eigenvalue weighted by molar-refractivity contribution is -0.139. The Labute approximate surface area is 239 Å². The number of hydrogen-bond acceptors (Lipinski definition) is 7. The minimum atomic E-state index is -3.73. The minimum Gasteiger partial charge on any atom is -0.364 e. The second kappa shape index (κ2) is 12.6. The van der Waals surface area contributed by atoms with E-state index in [0.29, 0.717) is 0 Å². The molecule has 4 rings (SSSR count). The normalized spacial score (nSPS) is 17.2. The van der Waals surface area contributed by atoms with Gasteiger partial charge in [0.1, 0.15) is 24.6 Å². The number of carbonyl (C=O) groups excluding carboxylic acids is 3. The first-order valence-corrected chi connectivity index (χ1v) is 14.7. The highest BCUT2D eigenvalue weighted by atomic mass is 35.5. The zero-order valence-electron chi connectivity index (χ0n) is 22.3. The first-order valence-electron chi connectivity index (χ1n) is 12.8. The van der Waals surface area contributed by atoms with Gasteiger partial charge in [-0.25, -0.2) is 8.78 Å². The lowest BCUT2D eigenvalue weighted by Crippen LogP contribution is -2.46. The highest BCUT2D eigenvalue weighted by Gasteiger charge is 2.40. The number of primary amides is 1. The molecule has 1 aliphatic rings. The smallest absolute Gasteiger partial charge is 0.361 e. The molecule has 2 aromatic carbocycles. The van der Waals surface area contributed by atoms with Crippen LogP contribution in [-0.4, -0.2) is 64.4 Å². The lowest BCUT2D eigenvalue weighted by atomic mass is 10.1. The van der Waals surface area contributed by atoms with E-state index in [1.165, 1.54) is 41.1 Å². The van der Waals surface area contributed by atoms with E-state index in [2.05, 4.69) is 10.4 Å². The van der Waals surface area contributed by atoms with E-state index < -0.39 is 49.9 Å². The van der Waals surface area contributed by atoms with Gasteiger partial charge in [0.15, 0.2) is 5.69 Å². The zero-order chi connectivity index (χ0) is 29.9. The number of likely N-dealkylation sites (tertiary alicyclic amines) is 1. The third-order valence-electron chi connectivity index (χ3n) is 6.53. The van der Waals surface area contributed by atoms with Crippen molar-refractivity contribution in [3.8, 4) is 0 Å². The van der Waals surface area contributed by atoms with Crippen LogP contribution in [-0.2, 0) is 36.3 Å². The van der Waals surface area contributed by atoms with Crippen LogP contribution in [0.25, 0.3) is 10.9 Å². The quantitative estimate of drug-likeness (QED) is 0.317. The molecule has 3 N–H and O–H groups in total. The number of alkyl halides is 1. The summed E-state index contributed by atoms with van der Waals surface area (Å²) in [6, 6.07) is 7.54. The molecule has 15 heteroatoms. The fourth-order valence-electron chi connectivity index (χ4n) is 4.67. The molecule has 1 saturated heterocycles. The average molecular weight is 612 g/mol. The molecule has 0 spiro atoms. The Kier molecular flexibility index (Phi) is 9.43. The summed E-state index contributed by atoms with van der Waals surface area (Å²) in [4.78, 5) is 39.5. The number of nitrogens with one attached hydrogen (secondary N) is 1.